The number of nitrogens with one attached hydrogen (secondary N) is 1. The van der Waals surface area contributed by atoms with Gasteiger partial charge in [-0.2, -0.15) is 11.3 Å². The summed E-state index contributed by atoms with van der Waals surface area (Å²) in [7, 11) is 0. The summed E-state index contributed by atoms with van der Waals surface area (Å²) in [5, 5.41) is 17.2. The number of rotatable bonds is 9. The Bertz CT molecular complexity index is 428. The molecule has 0 radical (unpaired) electrons. The predicted molar refractivity (Wildman–Crippen MR) is 75.3 cm³/mol. The molecule has 0 amide bonds. The van der Waals surface area contributed by atoms with E-state index in [0.717, 1.165) is 18.7 Å². The quantitative estimate of drug-likeness (QED) is 0.691. The van der Waals surface area contributed by atoms with Crippen LogP contribution in [-0.2, 0) is 17.8 Å². The molecular weight excluding hydrogens is 262 g/mol. The van der Waals surface area contributed by atoms with Crippen molar-refractivity contribution in [1.29, 1.82) is 0 Å². The fourth-order valence-corrected chi connectivity index (χ4v) is 2.39. The van der Waals surface area contributed by atoms with Gasteiger partial charge >= 0.3 is 0 Å². The van der Waals surface area contributed by atoms with Crippen molar-refractivity contribution in [3.05, 3.63) is 46.5 Å². The summed E-state index contributed by atoms with van der Waals surface area (Å²) in [5.74, 6) is 0.776. The summed E-state index contributed by atoms with van der Waals surface area (Å²) in [4.78, 5) is 0. The summed E-state index contributed by atoms with van der Waals surface area (Å²) >= 11 is 1.71. The van der Waals surface area contributed by atoms with Crippen LogP contribution in [0.25, 0.3) is 0 Å². The van der Waals surface area contributed by atoms with Crippen molar-refractivity contribution in [3.63, 3.8) is 0 Å². The smallest absolute Gasteiger partial charge is 0.129 e. The minimum absolute atomic E-state index is 0.312. The first-order valence-corrected chi connectivity index (χ1v) is 7.29. The lowest BCUT2D eigenvalue weighted by Crippen LogP contribution is -2.31. The van der Waals surface area contributed by atoms with E-state index in [0.29, 0.717) is 19.8 Å². The molecule has 5 heteroatoms. The fraction of sp³-hybridized carbons (Fsp3) is 0.429. The van der Waals surface area contributed by atoms with Gasteiger partial charge in [-0.15, -0.1) is 0 Å². The molecule has 104 valence electrons. The van der Waals surface area contributed by atoms with Crippen molar-refractivity contribution in [2.45, 2.75) is 19.1 Å². The van der Waals surface area contributed by atoms with Crippen LogP contribution in [0.3, 0.4) is 0 Å². The van der Waals surface area contributed by atoms with Crippen molar-refractivity contribution in [2.75, 3.05) is 19.7 Å². The highest BCUT2D eigenvalue weighted by Crippen LogP contribution is 2.05. The van der Waals surface area contributed by atoms with E-state index in [2.05, 4.69) is 22.1 Å². The predicted octanol–water partition coefficient (Wildman–Crippen LogP) is 2.05. The van der Waals surface area contributed by atoms with Crippen molar-refractivity contribution in [3.8, 4) is 0 Å². The van der Waals surface area contributed by atoms with Crippen molar-refractivity contribution in [2.24, 2.45) is 0 Å². The molecule has 2 aromatic heterocycles. The molecule has 1 atom stereocenters. The average molecular weight is 281 g/mol. The topological polar surface area (TPSA) is 54.6 Å². The Hall–Kier alpha value is -1.14. The maximum absolute atomic E-state index is 9.72. The largest absolute Gasteiger partial charge is 0.467 e. The Morgan fingerprint density at radius 1 is 1.42 bits per heavy atom. The molecule has 0 aliphatic heterocycles. The minimum Gasteiger partial charge on any atom is -0.467 e. The second-order valence-electron chi connectivity index (χ2n) is 4.33. The fourth-order valence-electron chi connectivity index (χ4n) is 1.69. The van der Waals surface area contributed by atoms with Crippen LogP contribution >= 0.6 is 11.3 Å². The molecule has 2 aromatic rings. The summed E-state index contributed by atoms with van der Waals surface area (Å²) in [6.07, 6.45) is 2.11. The molecule has 0 fully saturated rings. The molecule has 0 bridgehead atoms. The molecule has 2 rings (SSSR count). The van der Waals surface area contributed by atoms with Gasteiger partial charge in [0, 0.05) is 6.54 Å². The van der Waals surface area contributed by atoms with E-state index in [1.807, 2.05) is 12.1 Å². The molecule has 0 aromatic carbocycles. The van der Waals surface area contributed by atoms with Gasteiger partial charge in [0.1, 0.15) is 12.4 Å². The highest BCUT2D eigenvalue weighted by molar-refractivity contribution is 7.07. The lowest BCUT2D eigenvalue weighted by molar-refractivity contribution is 0.0228. The van der Waals surface area contributed by atoms with Crippen LogP contribution in [0.1, 0.15) is 11.3 Å². The van der Waals surface area contributed by atoms with Gasteiger partial charge in [0.15, 0.2) is 0 Å². The Labute approximate surface area is 117 Å². The van der Waals surface area contributed by atoms with Crippen LogP contribution in [0.15, 0.2) is 39.6 Å². The Balaban J connectivity index is 1.48. The first-order chi connectivity index (χ1) is 9.34. The molecule has 2 heterocycles. The third-order valence-corrected chi connectivity index (χ3v) is 3.42. The lowest BCUT2D eigenvalue weighted by atomic mass is 10.2. The van der Waals surface area contributed by atoms with Gasteiger partial charge in [-0.1, -0.05) is 0 Å². The van der Waals surface area contributed by atoms with E-state index >= 15 is 0 Å². The zero-order chi connectivity index (χ0) is 13.3. The van der Waals surface area contributed by atoms with Crippen molar-refractivity contribution >= 4 is 11.3 Å². The number of aliphatic hydroxyl groups excluding tert-OH is 1. The van der Waals surface area contributed by atoms with E-state index in [1.54, 1.807) is 17.6 Å². The summed E-state index contributed by atoms with van der Waals surface area (Å²) < 4.78 is 10.5. The van der Waals surface area contributed by atoms with Gasteiger partial charge in [-0.3, -0.25) is 0 Å². The maximum atomic E-state index is 9.72. The van der Waals surface area contributed by atoms with Crippen molar-refractivity contribution in [1.82, 2.24) is 5.32 Å². The molecule has 0 saturated heterocycles. The third kappa shape index (κ3) is 5.57. The SMILES string of the molecule is OC(CNCCc1ccsc1)COCc1ccco1. The first-order valence-electron chi connectivity index (χ1n) is 6.34. The second-order valence-corrected chi connectivity index (χ2v) is 5.11. The van der Waals surface area contributed by atoms with Gasteiger partial charge in [0.25, 0.3) is 0 Å². The zero-order valence-corrected chi connectivity index (χ0v) is 11.6. The average Bonchev–Trinajstić information content (AvgIpc) is 3.07. The number of aliphatic hydroxyl groups is 1. The minimum atomic E-state index is -0.488. The molecular formula is C14H19NO3S. The molecule has 1 unspecified atom stereocenters. The van der Waals surface area contributed by atoms with E-state index in [4.69, 9.17) is 9.15 Å². The van der Waals surface area contributed by atoms with Gasteiger partial charge in [0.2, 0.25) is 0 Å². The molecule has 0 aliphatic carbocycles. The standard InChI is InChI=1S/C14H19NO3S/c16-13(9-17-10-14-2-1-6-18-14)8-15-5-3-12-4-7-19-11-12/h1-2,4,6-7,11,13,15-16H,3,5,8-10H2. The van der Waals surface area contributed by atoms with Crippen LogP contribution in [0.5, 0.6) is 0 Å². The lowest BCUT2D eigenvalue weighted by Gasteiger charge is -2.11. The monoisotopic (exact) mass is 281 g/mol. The van der Waals surface area contributed by atoms with E-state index in [9.17, 15) is 5.11 Å². The second kappa shape index (κ2) is 8.12. The molecule has 4 nitrogen and oxygen atoms in total. The van der Waals surface area contributed by atoms with Crippen LogP contribution in [0.2, 0.25) is 0 Å². The highest BCUT2D eigenvalue weighted by Gasteiger charge is 2.04. The Kier molecular flexibility index (Phi) is 6.10. The van der Waals surface area contributed by atoms with Gasteiger partial charge < -0.3 is 19.6 Å². The van der Waals surface area contributed by atoms with E-state index in [1.165, 1.54) is 5.56 Å². The van der Waals surface area contributed by atoms with Crippen molar-refractivity contribution < 1.29 is 14.3 Å². The van der Waals surface area contributed by atoms with Gasteiger partial charge in [-0.05, 0) is 47.5 Å². The van der Waals surface area contributed by atoms with Crippen LogP contribution in [0.4, 0.5) is 0 Å². The summed E-state index contributed by atoms with van der Waals surface area (Å²) in [5.41, 5.74) is 1.33. The maximum Gasteiger partial charge on any atom is 0.129 e. The first kappa shape index (κ1) is 14.3. The number of thiophene rings is 1. The number of furan rings is 1. The molecule has 0 saturated carbocycles. The van der Waals surface area contributed by atoms with E-state index < -0.39 is 6.10 Å². The van der Waals surface area contributed by atoms with E-state index in [-0.39, 0.29) is 0 Å². The normalized spacial score (nSPS) is 12.7. The Morgan fingerprint density at radius 3 is 3.11 bits per heavy atom. The number of ether oxygens (including phenoxy) is 1. The number of hydrogen-bond acceptors (Lipinski definition) is 5. The highest BCUT2D eigenvalue weighted by atomic mass is 32.1. The Morgan fingerprint density at radius 2 is 2.37 bits per heavy atom. The molecule has 0 aliphatic rings. The number of hydrogen-bond donors (Lipinski definition) is 2. The molecule has 2 N–H and O–H groups in total. The summed E-state index contributed by atoms with van der Waals surface area (Å²) in [6, 6.07) is 5.79. The van der Waals surface area contributed by atoms with Crippen LogP contribution in [0, 0.1) is 0 Å². The van der Waals surface area contributed by atoms with Gasteiger partial charge in [0.05, 0.1) is 19.0 Å². The molecule has 19 heavy (non-hydrogen) atoms. The zero-order valence-electron chi connectivity index (χ0n) is 10.7. The van der Waals surface area contributed by atoms with Crippen LogP contribution in [-0.4, -0.2) is 30.9 Å². The van der Waals surface area contributed by atoms with Crippen LogP contribution < -0.4 is 5.32 Å². The third-order valence-electron chi connectivity index (χ3n) is 2.69. The molecule has 0 spiro atoms. The summed E-state index contributed by atoms with van der Waals surface area (Å²) in [6.45, 7) is 2.12. The van der Waals surface area contributed by atoms with Gasteiger partial charge in [-0.25, -0.2) is 0 Å².